The van der Waals surface area contributed by atoms with Gasteiger partial charge in [-0.15, -0.1) is 0 Å². The van der Waals surface area contributed by atoms with Crippen LogP contribution in [0, 0.1) is 0 Å². The molecule has 0 unspecified atom stereocenters. The summed E-state index contributed by atoms with van der Waals surface area (Å²) in [4.78, 5) is 33.5. The Labute approximate surface area is 160 Å². The Hall–Kier alpha value is -2.69. The minimum absolute atomic E-state index is 0.0613. The summed E-state index contributed by atoms with van der Waals surface area (Å²) in [5.41, 5.74) is 1.92. The Kier molecular flexibility index (Phi) is 4.68. The van der Waals surface area contributed by atoms with Crippen LogP contribution < -0.4 is 0 Å². The van der Waals surface area contributed by atoms with Gasteiger partial charge in [-0.2, -0.15) is 0 Å². The molecule has 0 bridgehead atoms. The van der Waals surface area contributed by atoms with Gasteiger partial charge in [0.2, 0.25) is 11.8 Å². The van der Waals surface area contributed by atoms with E-state index in [1.807, 2.05) is 59.3 Å². The van der Waals surface area contributed by atoms with E-state index in [4.69, 9.17) is 0 Å². The van der Waals surface area contributed by atoms with Crippen LogP contribution >= 0.6 is 0 Å². The van der Waals surface area contributed by atoms with Gasteiger partial charge in [0, 0.05) is 38.1 Å². The molecule has 140 valence electrons. The molecule has 5 heteroatoms. The fourth-order valence-electron chi connectivity index (χ4n) is 4.52. The minimum atomic E-state index is -0.122. The topological polar surface area (TPSA) is 53.5 Å². The van der Waals surface area contributed by atoms with Gasteiger partial charge in [0.15, 0.2) is 0 Å². The summed E-state index contributed by atoms with van der Waals surface area (Å²) in [6.45, 7) is 1.41. The van der Waals surface area contributed by atoms with E-state index in [1.165, 1.54) is 0 Å². The van der Waals surface area contributed by atoms with Crippen molar-refractivity contribution in [3.63, 3.8) is 0 Å². The van der Waals surface area contributed by atoms with E-state index >= 15 is 0 Å². The standard InChI is InChI=1S/C22H25N3O2/c1-24-21(27)19(18-7-3-2-4-8-18)15-22(24)9-12-25(13-10-22)20(26)14-17-6-5-11-23-16-17/h2-8,11,16,19H,9-10,12-15H2,1H3/t19-/m1/s1. The van der Waals surface area contributed by atoms with E-state index in [9.17, 15) is 9.59 Å². The van der Waals surface area contributed by atoms with Crippen LogP contribution in [-0.4, -0.2) is 52.3 Å². The number of benzene rings is 1. The quantitative estimate of drug-likeness (QED) is 0.842. The molecule has 2 fully saturated rings. The van der Waals surface area contributed by atoms with E-state index in [1.54, 1.807) is 12.4 Å². The second-order valence-corrected chi connectivity index (χ2v) is 7.71. The highest BCUT2D eigenvalue weighted by Gasteiger charge is 2.50. The molecular weight excluding hydrogens is 338 g/mol. The average molecular weight is 363 g/mol. The van der Waals surface area contributed by atoms with Crippen LogP contribution in [0.5, 0.6) is 0 Å². The van der Waals surface area contributed by atoms with Gasteiger partial charge in [0.1, 0.15) is 0 Å². The maximum Gasteiger partial charge on any atom is 0.230 e. The van der Waals surface area contributed by atoms with Crippen molar-refractivity contribution in [2.24, 2.45) is 0 Å². The molecule has 2 saturated heterocycles. The van der Waals surface area contributed by atoms with Gasteiger partial charge in [0.25, 0.3) is 0 Å². The molecule has 1 spiro atoms. The summed E-state index contributed by atoms with van der Waals surface area (Å²) < 4.78 is 0. The predicted octanol–water partition coefficient (Wildman–Crippen LogP) is 2.63. The van der Waals surface area contributed by atoms with Crippen LogP contribution in [0.25, 0.3) is 0 Å². The molecule has 4 rings (SSSR count). The predicted molar refractivity (Wildman–Crippen MR) is 103 cm³/mol. The molecule has 0 radical (unpaired) electrons. The van der Waals surface area contributed by atoms with Crippen LogP contribution in [0.1, 0.15) is 36.3 Å². The van der Waals surface area contributed by atoms with Crippen LogP contribution in [0.4, 0.5) is 0 Å². The van der Waals surface area contributed by atoms with Crippen molar-refractivity contribution in [3.05, 3.63) is 66.0 Å². The molecular formula is C22H25N3O2. The second-order valence-electron chi connectivity index (χ2n) is 7.71. The van der Waals surface area contributed by atoms with Gasteiger partial charge in [-0.1, -0.05) is 36.4 Å². The summed E-state index contributed by atoms with van der Waals surface area (Å²) in [7, 11) is 1.93. The molecule has 0 aliphatic carbocycles. The summed E-state index contributed by atoms with van der Waals surface area (Å²) in [5.74, 6) is 0.287. The zero-order valence-electron chi connectivity index (χ0n) is 15.7. The molecule has 27 heavy (non-hydrogen) atoms. The molecule has 1 atom stereocenters. The molecule has 2 amide bonds. The van der Waals surface area contributed by atoms with Crippen LogP contribution in [-0.2, 0) is 16.0 Å². The molecule has 0 saturated carbocycles. The second kappa shape index (κ2) is 7.14. The van der Waals surface area contributed by atoms with E-state index in [0.717, 1.165) is 30.4 Å². The smallest absolute Gasteiger partial charge is 0.230 e. The Morgan fingerprint density at radius 3 is 2.56 bits per heavy atom. The third kappa shape index (κ3) is 3.34. The van der Waals surface area contributed by atoms with Gasteiger partial charge in [0.05, 0.1) is 12.3 Å². The lowest BCUT2D eigenvalue weighted by Crippen LogP contribution is -2.53. The zero-order valence-corrected chi connectivity index (χ0v) is 15.7. The van der Waals surface area contributed by atoms with Crippen molar-refractivity contribution in [2.75, 3.05) is 20.1 Å². The minimum Gasteiger partial charge on any atom is -0.342 e. The maximum absolute atomic E-state index is 12.9. The number of hydrogen-bond donors (Lipinski definition) is 0. The Morgan fingerprint density at radius 2 is 1.89 bits per heavy atom. The SMILES string of the molecule is CN1C(=O)[C@@H](c2ccccc2)CC12CCN(C(=O)Cc1cccnc1)CC2. The summed E-state index contributed by atoms with van der Waals surface area (Å²) in [6.07, 6.45) is 6.39. The number of likely N-dealkylation sites (tertiary alicyclic amines) is 2. The number of pyridine rings is 1. The Balaban J connectivity index is 1.42. The molecule has 3 heterocycles. The molecule has 1 aromatic heterocycles. The third-order valence-electron chi connectivity index (χ3n) is 6.25. The largest absolute Gasteiger partial charge is 0.342 e. The third-order valence-corrected chi connectivity index (χ3v) is 6.25. The van der Waals surface area contributed by atoms with Gasteiger partial charge >= 0.3 is 0 Å². The van der Waals surface area contributed by atoms with E-state index in [2.05, 4.69) is 4.98 Å². The Bertz CT molecular complexity index is 814. The van der Waals surface area contributed by atoms with Crippen molar-refractivity contribution >= 4 is 11.8 Å². The first-order chi connectivity index (χ1) is 13.1. The Morgan fingerprint density at radius 1 is 1.15 bits per heavy atom. The van der Waals surface area contributed by atoms with Gasteiger partial charge < -0.3 is 9.80 Å². The zero-order chi connectivity index (χ0) is 18.9. The molecule has 2 aromatic rings. The van der Waals surface area contributed by atoms with Crippen molar-refractivity contribution in [2.45, 2.75) is 37.1 Å². The lowest BCUT2D eigenvalue weighted by molar-refractivity contribution is -0.135. The first-order valence-electron chi connectivity index (χ1n) is 9.58. The first kappa shape index (κ1) is 17.7. The van der Waals surface area contributed by atoms with Crippen LogP contribution in [0.2, 0.25) is 0 Å². The number of carbonyl (C=O) groups excluding carboxylic acids is 2. The summed E-state index contributed by atoms with van der Waals surface area (Å²) in [5, 5.41) is 0. The molecule has 1 aromatic carbocycles. The molecule has 5 nitrogen and oxygen atoms in total. The summed E-state index contributed by atoms with van der Waals surface area (Å²) in [6, 6.07) is 13.8. The van der Waals surface area contributed by atoms with Gasteiger partial charge in [-0.05, 0) is 36.5 Å². The monoisotopic (exact) mass is 363 g/mol. The van der Waals surface area contributed by atoms with Crippen molar-refractivity contribution in [1.29, 1.82) is 0 Å². The number of nitrogens with zero attached hydrogens (tertiary/aromatic N) is 3. The van der Waals surface area contributed by atoms with E-state index < -0.39 is 0 Å². The lowest BCUT2D eigenvalue weighted by Gasteiger charge is -2.43. The number of piperidine rings is 1. The normalized spacial score (nSPS) is 21.7. The molecule has 2 aliphatic heterocycles. The number of aromatic nitrogens is 1. The molecule has 0 N–H and O–H groups in total. The maximum atomic E-state index is 12.9. The number of amides is 2. The van der Waals surface area contributed by atoms with E-state index in [-0.39, 0.29) is 23.3 Å². The number of carbonyl (C=O) groups is 2. The van der Waals surface area contributed by atoms with Crippen LogP contribution in [0.15, 0.2) is 54.9 Å². The molecule has 2 aliphatic rings. The highest BCUT2D eigenvalue weighted by Crippen LogP contribution is 2.44. The summed E-state index contributed by atoms with van der Waals surface area (Å²) >= 11 is 0. The van der Waals surface area contributed by atoms with E-state index in [0.29, 0.717) is 19.5 Å². The van der Waals surface area contributed by atoms with Crippen molar-refractivity contribution < 1.29 is 9.59 Å². The highest BCUT2D eigenvalue weighted by molar-refractivity contribution is 5.87. The van der Waals surface area contributed by atoms with Gasteiger partial charge in [-0.3, -0.25) is 14.6 Å². The fraction of sp³-hybridized carbons (Fsp3) is 0.409. The lowest BCUT2D eigenvalue weighted by atomic mass is 9.81. The van der Waals surface area contributed by atoms with Crippen LogP contribution in [0.3, 0.4) is 0 Å². The fourth-order valence-corrected chi connectivity index (χ4v) is 4.52. The highest BCUT2D eigenvalue weighted by atomic mass is 16.2. The number of likely N-dealkylation sites (N-methyl/N-ethyl adjacent to an activating group) is 1. The van der Waals surface area contributed by atoms with Gasteiger partial charge in [-0.25, -0.2) is 0 Å². The number of rotatable bonds is 3. The average Bonchev–Trinajstić information content (AvgIpc) is 2.95. The number of hydrogen-bond acceptors (Lipinski definition) is 3. The van der Waals surface area contributed by atoms with Crippen molar-refractivity contribution in [1.82, 2.24) is 14.8 Å². The first-order valence-corrected chi connectivity index (χ1v) is 9.58. The van der Waals surface area contributed by atoms with Crippen molar-refractivity contribution in [3.8, 4) is 0 Å².